The lowest BCUT2D eigenvalue weighted by Crippen LogP contribution is -2.65. The first-order chi connectivity index (χ1) is 15.7. The Morgan fingerprint density at radius 2 is 1.70 bits per heavy atom. The molecule has 2 aliphatic rings. The Morgan fingerprint density at radius 1 is 1.03 bits per heavy atom. The summed E-state index contributed by atoms with van der Waals surface area (Å²) in [6.07, 6.45) is -1.63. The van der Waals surface area contributed by atoms with Crippen LogP contribution in [0.3, 0.4) is 0 Å². The van der Waals surface area contributed by atoms with E-state index in [1.165, 1.54) is 0 Å². The summed E-state index contributed by atoms with van der Waals surface area (Å²) >= 11 is 5.91. The number of hydrogen-bond acceptors (Lipinski definition) is 5. The minimum Gasteiger partial charge on any atom is -0.489 e. The molecule has 176 valence electrons. The van der Waals surface area contributed by atoms with Crippen LogP contribution in [0.2, 0.25) is 5.02 Å². The van der Waals surface area contributed by atoms with Crippen LogP contribution in [0.25, 0.3) is 0 Å². The molecule has 0 unspecified atom stereocenters. The molecule has 2 aliphatic heterocycles. The maximum Gasteiger partial charge on any atom is 0.471 e. The molecule has 0 atom stereocenters. The number of halogens is 4. The molecule has 2 amide bonds. The number of carbonyl (C=O) groups excluding carboxylic acids is 2. The summed E-state index contributed by atoms with van der Waals surface area (Å²) in [5.74, 6) is -1.29. The van der Waals surface area contributed by atoms with Crippen LogP contribution in [0.5, 0.6) is 5.75 Å². The lowest BCUT2D eigenvalue weighted by molar-refractivity contribution is -0.187. The van der Waals surface area contributed by atoms with E-state index >= 15 is 0 Å². The van der Waals surface area contributed by atoms with Crippen molar-refractivity contribution in [1.29, 1.82) is 0 Å². The van der Waals surface area contributed by atoms with Gasteiger partial charge in [-0.05, 0) is 30.3 Å². The van der Waals surface area contributed by atoms with Crippen molar-refractivity contribution in [2.75, 3.05) is 39.3 Å². The molecule has 0 saturated carbocycles. The maximum absolute atomic E-state index is 12.7. The molecular weight excluding hydrogens is 461 g/mol. The van der Waals surface area contributed by atoms with Crippen molar-refractivity contribution in [3.63, 3.8) is 0 Å². The average Bonchev–Trinajstić information content (AvgIpc) is 2.76. The van der Waals surface area contributed by atoms with Gasteiger partial charge in [0.1, 0.15) is 12.4 Å². The Hall–Kier alpha value is -2.85. The Kier molecular flexibility index (Phi) is 6.76. The number of hydrogen-bond donors (Lipinski definition) is 0. The number of piperazine rings is 1. The van der Waals surface area contributed by atoms with Crippen molar-refractivity contribution in [1.82, 2.24) is 19.7 Å². The number of rotatable bonds is 5. The molecule has 11 heteroatoms. The summed E-state index contributed by atoms with van der Waals surface area (Å²) < 4.78 is 43.4. The highest BCUT2D eigenvalue weighted by atomic mass is 35.5. The van der Waals surface area contributed by atoms with Crippen molar-refractivity contribution in [3.05, 3.63) is 58.9 Å². The number of likely N-dealkylation sites (tertiary alicyclic amines) is 1. The molecule has 2 fully saturated rings. The molecule has 0 radical (unpaired) electrons. The third kappa shape index (κ3) is 5.56. The van der Waals surface area contributed by atoms with Crippen LogP contribution >= 0.6 is 11.6 Å². The van der Waals surface area contributed by atoms with Gasteiger partial charge in [-0.25, -0.2) is 0 Å². The molecule has 0 N–H and O–H groups in total. The Morgan fingerprint density at radius 3 is 2.30 bits per heavy atom. The van der Waals surface area contributed by atoms with Crippen molar-refractivity contribution in [2.45, 2.75) is 18.8 Å². The molecule has 4 rings (SSSR count). The molecule has 1 aromatic carbocycles. The third-order valence-corrected chi connectivity index (χ3v) is 5.98. The first-order valence-corrected chi connectivity index (χ1v) is 10.8. The van der Waals surface area contributed by atoms with E-state index in [0.29, 0.717) is 49.1 Å². The normalized spacial score (nSPS) is 17.6. The Labute approximate surface area is 193 Å². The smallest absolute Gasteiger partial charge is 0.471 e. The summed E-state index contributed by atoms with van der Waals surface area (Å²) in [7, 11) is 0. The largest absolute Gasteiger partial charge is 0.489 e. The number of carbonyl (C=O) groups is 2. The molecule has 0 aliphatic carbocycles. The second-order valence-electron chi connectivity index (χ2n) is 8.01. The molecule has 1 aromatic heterocycles. The third-order valence-electron chi connectivity index (χ3n) is 5.78. The van der Waals surface area contributed by atoms with Crippen LogP contribution in [0.4, 0.5) is 13.2 Å². The Balaban J connectivity index is 1.22. The van der Waals surface area contributed by atoms with Gasteiger partial charge in [0.25, 0.3) is 5.91 Å². The van der Waals surface area contributed by atoms with E-state index in [-0.39, 0.29) is 25.0 Å². The number of pyridine rings is 1. The van der Waals surface area contributed by atoms with Gasteiger partial charge in [-0.15, -0.1) is 0 Å². The Bertz CT molecular complexity index is 1000. The van der Waals surface area contributed by atoms with Gasteiger partial charge in [0.2, 0.25) is 0 Å². The van der Waals surface area contributed by atoms with Crippen molar-refractivity contribution >= 4 is 23.4 Å². The van der Waals surface area contributed by atoms with Gasteiger partial charge in [0.05, 0.1) is 5.02 Å². The highest BCUT2D eigenvalue weighted by Gasteiger charge is 2.44. The van der Waals surface area contributed by atoms with E-state index in [1.54, 1.807) is 47.6 Å². The zero-order chi connectivity index (χ0) is 23.6. The first kappa shape index (κ1) is 23.3. The molecular formula is C22H22ClF3N4O3. The zero-order valence-corrected chi connectivity index (χ0v) is 18.3. The van der Waals surface area contributed by atoms with Gasteiger partial charge in [0.15, 0.2) is 0 Å². The highest BCUT2D eigenvalue weighted by molar-refractivity contribution is 6.30. The summed E-state index contributed by atoms with van der Waals surface area (Å²) in [6, 6.07) is 8.69. The molecule has 2 saturated heterocycles. The first-order valence-electron chi connectivity index (χ1n) is 10.4. The maximum atomic E-state index is 12.7. The van der Waals surface area contributed by atoms with Crippen molar-refractivity contribution in [2.24, 2.45) is 0 Å². The molecule has 0 spiro atoms. The molecule has 0 bridgehead atoms. The van der Waals surface area contributed by atoms with E-state index in [2.05, 4.69) is 4.98 Å². The predicted molar refractivity (Wildman–Crippen MR) is 114 cm³/mol. The summed E-state index contributed by atoms with van der Waals surface area (Å²) in [5, 5.41) is 0.529. The van der Waals surface area contributed by atoms with Crippen LogP contribution in [-0.4, -0.2) is 83.0 Å². The van der Waals surface area contributed by atoms with E-state index in [0.717, 1.165) is 10.5 Å². The second-order valence-corrected chi connectivity index (χ2v) is 8.45. The minimum atomic E-state index is -4.84. The second kappa shape index (κ2) is 9.56. The zero-order valence-electron chi connectivity index (χ0n) is 17.6. The van der Waals surface area contributed by atoms with Gasteiger partial charge in [-0.2, -0.15) is 13.2 Å². The van der Waals surface area contributed by atoms with Crippen LogP contribution < -0.4 is 4.74 Å². The number of nitrogens with zero attached hydrogens (tertiary/aromatic N) is 4. The monoisotopic (exact) mass is 482 g/mol. The van der Waals surface area contributed by atoms with Gasteiger partial charge in [-0.3, -0.25) is 19.5 Å². The van der Waals surface area contributed by atoms with E-state index < -0.39 is 12.1 Å². The number of aromatic nitrogens is 1. The fraction of sp³-hybridized carbons (Fsp3) is 0.409. The summed E-state index contributed by atoms with van der Waals surface area (Å²) in [4.78, 5) is 32.6. The average molecular weight is 483 g/mol. The van der Waals surface area contributed by atoms with Crippen molar-refractivity contribution in [3.8, 4) is 5.75 Å². The van der Waals surface area contributed by atoms with Gasteiger partial charge >= 0.3 is 12.1 Å². The van der Waals surface area contributed by atoms with Crippen LogP contribution in [0.15, 0.2) is 42.7 Å². The molecule has 7 nitrogen and oxygen atoms in total. The van der Waals surface area contributed by atoms with Crippen LogP contribution in [-0.2, 0) is 11.4 Å². The lowest BCUT2D eigenvalue weighted by Gasteiger charge is -2.48. The van der Waals surface area contributed by atoms with Gasteiger partial charge < -0.3 is 14.5 Å². The van der Waals surface area contributed by atoms with E-state index in [4.69, 9.17) is 16.3 Å². The minimum absolute atomic E-state index is 0.0372. The van der Waals surface area contributed by atoms with E-state index in [1.807, 2.05) is 4.90 Å². The highest BCUT2D eigenvalue weighted by Crippen LogP contribution is 2.23. The topological polar surface area (TPSA) is 66.0 Å². The predicted octanol–water partition coefficient (Wildman–Crippen LogP) is 2.84. The van der Waals surface area contributed by atoms with Crippen LogP contribution in [0, 0.1) is 0 Å². The number of alkyl halides is 3. The number of benzene rings is 1. The quantitative estimate of drug-likeness (QED) is 0.655. The standard InChI is InChI=1S/C22H22ClF3N4O3/c23-17-9-15(10-27-11-17)14-33-19-3-1-16(2-4-19)20(31)30-12-18(13-30)28-5-7-29(8-6-28)21(32)22(24,25)26/h1-4,9-11,18H,5-8,12-14H2. The SMILES string of the molecule is O=C(c1ccc(OCc2cncc(Cl)c2)cc1)N1CC(N2CCN(C(=O)C(F)(F)F)CC2)C1. The fourth-order valence-corrected chi connectivity index (χ4v) is 4.10. The van der Waals surface area contributed by atoms with Crippen molar-refractivity contribution < 1.29 is 27.5 Å². The van der Waals surface area contributed by atoms with E-state index in [9.17, 15) is 22.8 Å². The van der Waals surface area contributed by atoms with Gasteiger partial charge in [0, 0.05) is 68.8 Å². The summed E-state index contributed by atoms with van der Waals surface area (Å²) in [6.45, 7) is 2.12. The number of ether oxygens (including phenoxy) is 1. The fourth-order valence-electron chi connectivity index (χ4n) is 3.90. The molecule has 3 heterocycles. The lowest BCUT2D eigenvalue weighted by atomic mass is 10.0. The summed E-state index contributed by atoms with van der Waals surface area (Å²) in [5.41, 5.74) is 1.36. The number of amides is 2. The van der Waals surface area contributed by atoms with Gasteiger partial charge in [-0.1, -0.05) is 11.6 Å². The van der Waals surface area contributed by atoms with Crippen LogP contribution in [0.1, 0.15) is 15.9 Å². The molecule has 33 heavy (non-hydrogen) atoms. The molecule has 2 aromatic rings.